The van der Waals surface area contributed by atoms with Crippen molar-refractivity contribution in [1.29, 1.82) is 0 Å². The molecule has 0 fully saturated rings. The topological polar surface area (TPSA) is 59.8 Å². The number of aromatic nitrogens is 3. The van der Waals surface area contributed by atoms with E-state index in [0.717, 1.165) is 16.6 Å². The van der Waals surface area contributed by atoms with Gasteiger partial charge in [-0.05, 0) is 51.8 Å². The highest BCUT2D eigenvalue weighted by molar-refractivity contribution is 5.98. The molecule has 25 heavy (non-hydrogen) atoms. The number of rotatable bonds is 4. The summed E-state index contributed by atoms with van der Waals surface area (Å²) in [7, 11) is 0. The summed E-state index contributed by atoms with van der Waals surface area (Å²) in [6.45, 7) is 10.0. The lowest BCUT2D eigenvalue weighted by molar-refractivity contribution is 0.0939. The zero-order chi connectivity index (χ0) is 18.1. The number of benzene rings is 1. The highest BCUT2D eigenvalue weighted by Crippen LogP contribution is 2.21. The average Bonchev–Trinajstić information content (AvgIpc) is 2.97. The van der Waals surface area contributed by atoms with Gasteiger partial charge >= 0.3 is 0 Å². The van der Waals surface area contributed by atoms with Crippen molar-refractivity contribution in [2.24, 2.45) is 0 Å². The van der Waals surface area contributed by atoms with Gasteiger partial charge in [0, 0.05) is 11.4 Å². The highest BCUT2D eigenvalue weighted by atomic mass is 16.1. The van der Waals surface area contributed by atoms with Gasteiger partial charge in [-0.25, -0.2) is 9.67 Å². The van der Waals surface area contributed by atoms with E-state index in [1.165, 1.54) is 5.56 Å². The van der Waals surface area contributed by atoms with Gasteiger partial charge in [0.1, 0.15) is 0 Å². The van der Waals surface area contributed by atoms with Crippen LogP contribution in [0.2, 0.25) is 0 Å². The Hall–Kier alpha value is -2.69. The van der Waals surface area contributed by atoms with E-state index in [-0.39, 0.29) is 18.0 Å². The summed E-state index contributed by atoms with van der Waals surface area (Å²) >= 11 is 0. The summed E-state index contributed by atoms with van der Waals surface area (Å²) in [5, 5.41) is 8.34. The summed E-state index contributed by atoms with van der Waals surface area (Å²) in [6.07, 6.45) is 1.77. The van der Waals surface area contributed by atoms with Crippen LogP contribution in [-0.4, -0.2) is 20.7 Å². The third kappa shape index (κ3) is 3.27. The van der Waals surface area contributed by atoms with Crippen LogP contribution in [0.1, 0.15) is 60.0 Å². The Bertz CT molecular complexity index is 927. The second kappa shape index (κ2) is 6.67. The lowest BCUT2D eigenvalue weighted by Gasteiger charge is -2.17. The molecule has 1 atom stereocenters. The standard InChI is InChI=1S/C20H24N4O/c1-12(2)24-19-16(11-21-24)10-18(15(5)22-19)20(25)23-14(4)17-9-7-6-8-13(17)3/h6-12,14H,1-5H3,(H,23,25)/t14-/m0/s1. The molecule has 0 spiro atoms. The molecule has 1 amide bonds. The van der Waals surface area contributed by atoms with Gasteiger partial charge in [0.2, 0.25) is 0 Å². The molecule has 0 radical (unpaired) electrons. The second-order valence-electron chi connectivity index (χ2n) is 6.77. The van der Waals surface area contributed by atoms with Gasteiger partial charge < -0.3 is 5.32 Å². The fourth-order valence-electron chi connectivity index (χ4n) is 3.10. The third-order valence-corrected chi connectivity index (χ3v) is 4.50. The quantitative estimate of drug-likeness (QED) is 0.779. The Kier molecular flexibility index (Phi) is 4.57. The maximum Gasteiger partial charge on any atom is 0.253 e. The molecule has 3 rings (SSSR count). The van der Waals surface area contributed by atoms with Crippen molar-refractivity contribution in [3.05, 3.63) is 58.9 Å². The Morgan fingerprint density at radius 2 is 1.88 bits per heavy atom. The second-order valence-corrected chi connectivity index (χ2v) is 6.77. The van der Waals surface area contributed by atoms with Crippen LogP contribution in [0.25, 0.3) is 11.0 Å². The molecular formula is C20H24N4O. The summed E-state index contributed by atoms with van der Waals surface area (Å²) < 4.78 is 1.87. The Balaban J connectivity index is 1.90. The maximum absolute atomic E-state index is 12.8. The summed E-state index contributed by atoms with van der Waals surface area (Å²) in [4.78, 5) is 17.4. The molecule has 5 nitrogen and oxygen atoms in total. The minimum absolute atomic E-state index is 0.0674. The summed E-state index contributed by atoms with van der Waals surface area (Å²) in [5.41, 5.74) is 4.41. The molecule has 0 bridgehead atoms. The highest BCUT2D eigenvalue weighted by Gasteiger charge is 2.18. The number of fused-ring (bicyclic) bond motifs is 1. The van der Waals surface area contributed by atoms with E-state index in [2.05, 4.69) is 42.2 Å². The molecule has 0 saturated heterocycles. The number of hydrogen-bond acceptors (Lipinski definition) is 3. The van der Waals surface area contributed by atoms with Crippen LogP contribution in [0.15, 0.2) is 36.5 Å². The maximum atomic E-state index is 12.8. The first-order chi connectivity index (χ1) is 11.9. The van der Waals surface area contributed by atoms with E-state index in [0.29, 0.717) is 11.3 Å². The number of nitrogens with one attached hydrogen (secondary N) is 1. The van der Waals surface area contributed by atoms with Crippen LogP contribution in [-0.2, 0) is 0 Å². The van der Waals surface area contributed by atoms with Crippen molar-refractivity contribution in [2.45, 2.75) is 46.7 Å². The van der Waals surface area contributed by atoms with Gasteiger partial charge in [0.15, 0.2) is 5.65 Å². The Morgan fingerprint density at radius 1 is 1.16 bits per heavy atom. The molecule has 0 aliphatic carbocycles. The molecule has 1 N–H and O–H groups in total. The number of carbonyl (C=O) groups excluding carboxylic acids is 1. The molecule has 2 heterocycles. The molecule has 0 aliphatic heterocycles. The van der Waals surface area contributed by atoms with Crippen molar-refractivity contribution < 1.29 is 4.79 Å². The normalized spacial score (nSPS) is 12.6. The van der Waals surface area contributed by atoms with E-state index in [1.54, 1.807) is 6.20 Å². The summed E-state index contributed by atoms with van der Waals surface area (Å²) in [5.74, 6) is -0.111. The van der Waals surface area contributed by atoms with Gasteiger partial charge in [-0.2, -0.15) is 5.10 Å². The van der Waals surface area contributed by atoms with Crippen LogP contribution in [0.3, 0.4) is 0 Å². The van der Waals surface area contributed by atoms with E-state index in [4.69, 9.17) is 0 Å². The van der Waals surface area contributed by atoms with Crippen LogP contribution in [0, 0.1) is 13.8 Å². The number of carbonyl (C=O) groups is 1. The van der Waals surface area contributed by atoms with Crippen molar-refractivity contribution in [3.63, 3.8) is 0 Å². The van der Waals surface area contributed by atoms with Crippen molar-refractivity contribution in [3.8, 4) is 0 Å². The van der Waals surface area contributed by atoms with E-state index >= 15 is 0 Å². The van der Waals surface area contributed by atoms with Crippen LogP contribution in [0.4, 0.5) is 0 Å². The first-order valence-electron chi connectivity index (χ1n) is 8.59. The molecule has 2 aromatic heterocycles. The molecule has 5 heteroatoms. The lowest BCUT2D eigenvalue weighted by atomic mass is 10.0. The van der Waals surface area contributed by atoms with Crippen molar-refractivity contribution in [2.75, 3.05) is 0 Å². The van der Waals surface area contributed by atoms with Crippen LogP contribution in [0.5, 0.6) is 0 Å². The lowest BCUT2D eigenvalue weighted by Crippen LogP contribution is -2.28. The Morgan fingerprint density at radius 3 is 2.56 bits per heavy atom. The summed E-state index contributed by atoms with van der Waals surface area (Å²) in [6, 6.07) is 10.1. The number of hydrogen-bond donors (Lipinski definition) is 1. The van der Waals surface area contributed by atoms with Gasteiger partial charge in [-0.15, -0.1) is 0 Å². The molecule has 0 aliphatic rings. The van der Waals surface area contributed by atoms with Gasteiger partial charge in [0.05, 0.1) is 23.5 Å². The number of pyridine rings is 1. The number of aryl methyl sites for hydroxylation is 2. The first-order valence-corrected chi connectivity index (χ1v) is 8.59. The molecule has 3 aromatic rings. The smallest absolute Gasteiger partial charge is 0.253 e. The van der Waals surface area contributed by atoms with E-state index in [9.17, 15) is 4.79 Å². The fraction of sp³-hybridized carbons (Fsp3) is 0.350. The molecule has 0 saturated carbocycles. The molecule has 0 unspecified atom stereocenters. The van der Waals surface area contributed by atoms with Crippen molar-refractivity contribution >= 4 is 16.9 Å². The minimum atomic E-state index is -0.111. The first kappa shape index (κ1) is 17.1. The fourth-order valence-corrected chi connectivity index (χ4v) is 3.10. The number of nitrogens with zero attached hydrogens (tertiary/aromatic N) is 3. The van der Waals surface area contributed by atoms with Crippen LogP contribution < -0.4 is 5.32 Å². The minimum Gasteiger partial charge on any atom is -0.345 e. The van der Waals surface area contributed by atoms with Gasteiger partial charge in [0.25, 0.3) is 5.91 Å². The number of amides is 1. The third-order valence-electron chi connectivity index (χ3n) is 4.50. The molecular weight excluding hydrogens is 312 g/mol. The molecule has 1 aromatic carbocycles. The van der Waals surface area contributed by atoms with E-state index in [1.807, 2.05) is 42.8 Å². The van der Waals surface area contributed by atoms with Gasteiger partial charge in [-0.1, -0.05) is 24.3 Å². The Labute approximate surface area is 148 Å². The predicted molar refractivity (Wildman–Crippen MR) is 99.7 cm³/mol. The van der Waals surface area contributed by atoms with Gasteiger partial charge in [-0.3, -0.25) is 4.79 Å². The predicted octanol–water partition coefficient (Wildman–Crippen LogP) is 4.12. The largest absolute Gasteiger partial charge is 0.345 e. The van der Waals surface area contributed by atoms with Crippen molar-refractivity contribution in [1.82, 2.24) is 20.1 Å². The van der Waals surface area contributed by atoms with E-state index < -0.39 is 0 Å². The SMILES string of the molecule is Cc1ccccc1[C@H](C)NC(=O)c1cc2cnn(C(C)C)c2nc1C. The average molecular weight is 336 g/mol. The zero-order valence-electron chi connectivity index (χ0n) is 15.4. The van der Waals surface area contributed by atoms with Crippen LogP contribution >= 0.6 is 0 Å². The zero-order valence-corrected chi connectivity index (χ0v) is 15.4. The monoisotopic (exact) mass is 336 g/mol. The molecule has 130 valence electrons.